The highest BCUT2D eigenvalue weighted by molar-refractivity contribution is 5.76. The SMILES string of the molecule is Cc1ccc(-c2c(C)noc2C)cc1N(CCCC1OCCCO1)c1ccc(C2(C#N)CC2)cc1. The van der Waals surface area contributed by atoms with E-state index in [4.69, 9.17) is 14.0 Å². The second kappa shape index (κ2) is 9.85. The lowest BCUT2D eigenvalue weighted by Crippen LogP contribution is -2.27. The minimum atomic E-state index is -0.280. The van der Waals surface area contributed by atoms with Crippen molar-refractivity contribution in [1.82, 2.24) is 5.16 Å². The molecule has 2 heterocycles. The predicted molar refractivity (Wildman–Crippen MR) is 136 cm³/mol. The van der Waals surface area contributed by atoms with Gasteiger partial charge in [-0.25, -0.2) is 0 Å². The van der Waals surface area contributed by atoms with Crippen molar-refractivity contribution in [1.29, 1.82) is 5.26 Å². The van der Waals surface area contributed by atoms with Crippen LogP contribution in [0.4, 0.5) is 11.4 Å². The molecule has 0 radical (unpaired) electrons. The third-order valence-electron chi connectivity index (χ3n) is 7.24. The molecule has 0 N–H and O–H groups in total. The van der Waals surface area contributed by atoms with Gasteiger partial charge in [-0.3, -0.25) is 0 Å². The van der Waals surface area contributed by atoms with Crippen molar-refractivity contribution in [2.75, 3.05) is 24.7 Å². The van der Waals surface area contributed by atoms with Gasteiger partial charge in [0.2, 0.25) is 0 Å². The fourth-order valence-corrected chi connectivity index (χ4v) is 5.01. The van der Waals surface area contributed by atoms with Crippen molar-refractivity contribution in [2.24, 2.45) is 0 Å². The molecule has 3 aromatic rings. The van der Waals surface area contributed by atoms with Crippen molar-refractivity contribution in [3.8, 4) is 17.2 Å². The monoisotopic (exact) mass is 471 g/mol. The maximum Gasteiger partial charge on any atom is 0.157 e. The molecule has 6 nitrogen and oxygen atoms in total. The van der Waals surface area contributed by atoms with Gasteiger partial charge in [0.15, 0.2) is 6.29 Å². The fourth-order valence-electron chi connectivity index (χ4n) is 5.01. The maximum absolute atomic E-state index is 9.61. The lowest BCUT2D eigenvalue weighted by Gasteiger charge is -2.29. The second-order valence-electron chi connectivity index (χ2n) is 9.76. The van der Waals surface area contributed by atoms with E-state index < -0.39 is 0 Å². The van der Waals surface area contributed by atoms with Gasteiger partial charge >= 0.3 is 0 Å². The van der Waals surface area contributed by atoms with Crippen LogP contribution in [-0.2, 0) is 14.9 Å². The van der Waals surface area contributed by atoms with E-state index in [0.717, 1.165) is 91.4 Å². The molecule has 1 aromatic heterocycles. The molecule has 0 spiro atoms. The Labute approximate surface area is 207 Å². The first-order valence-corrected chi connectivity index (χ1v) is 12.6. The summed E-state index contributed by atoms with van der Waals surface area (Å²) in [4.78, 5) is 2.37. The number of nitrogens with zero attached hydrogens (tertiary/aromatic N) is 3. The number of hydrogen-bond donors (Lipinski definition) is 0. The number of ether oxygens (including phenoxy) is 2. The molecule has 1 saturated carbocycles. The highest BCUT2D eigenvalue weighted by Crippen LogP contribution is 2.48. The maximum atomic E-state index is 9.61. The normalized spacial score (nSPS) is 17.2. The van der Waals surface area contributed by atoms with Gasteiger partial charge in [-0.2, -0.15) is 5.26 Å². The van der Waals surface area contributed by atoms with Gasteiger partial charge in [0.05, 0.1) is 30.4 Å². The summed E-state index contributed by atoms with van der Waals surface area (Å²) in [6.07, 6.45) is 4.54. The van der Waals surface area contributed by atoms with E-state index in [0.29, 0.717) is 0 Å². The summed E-state index contributed by atoms with van der Waals surface area (Å²) >= 11 is 0. The fraction of sp³-hybridized carbons (Fsp3) is 0.448. The summed E-state index contributed by atoms with van der Waals surface area (Å²) in [6, 6.07) is 17.6. The molecule has 5 rings (SSSR count). The van der Waals surface area contributed by atoms with E-state index in [-0.39, 0.29) is 11.7 Å². The predicted octanol–water partition coefficient (Wildman–Crippen LogP) is 6.50. The summed E-state index contributed by atoms with van der Waals surface area (Å²) in [6.45, 7) is 8.46. The molecular formula is C29H33N3O3. The van der Waals surface area contributed by atoms with Gasteiger partial charge in [0.1, 0.15) is 5.76 Å². The Morgan fingerprint density at radius 1 is 1.06 bits per heavy atom. The second-order valence-corrected chi connectivity index (χ2v) is 9.76. The van der Waals surface area contributed by atoms with Crippen LogP contribution in [0, 0.1) is 32.1 Å². The molecule has 6 heteroatoms. The summed E-state index contributed by atoms with van der Waals surface area (Å²) in [5.74, 6) is 0.825. The van der Waals surface area contributed by atoms with Crippen LogP contribution >= 0.6 is 0 Å². The number of anilines is 2. The molecule has 1 saturated heterocycles. The summed E-state index contributed by atoms with van der Waals surface area (Å²) in [7, 11) is 0. The van der Waals surface area contributed by atoms with Crippen LogP contribution in [-0.4, -0.2) is 31.2 Å². The molecule has 2 fully saturated rings. The summed E-state index contributed by atoms with van der Waals surface area (Å²) in [5.41, 5.74) is 7.36. The quantitative estimate of drug-likeness (QED) is 0.373. The Bertz CT molecular complexity index is 1200. The molecule has 2 aromatic carbocycles. The Balaban J connectivity index is 1.46. The van der Waals surface area contributed by atoms with E-state index in [2.05, 4.69) is 65.5 Å². The van der Waals surface area contributed by atoms with Gasteiger partial charge in [-0.1, -0.05) is 29.4 Å². The molecule has 0 atom stereocenters. The molecule has 0 amide bonds. The number of benzene rings is 2. The Morgan fingerprint density at radius 3 is 2.43 bits per heavy atom. The molecule has 35 heavy (non-hydrogen) atoms. The van der Waals surface area contributed by atoms with E-state index in [1.54, 1.807) is 0 Å². The van der Waals surface area contributed by atoms with Gasteiger partial charge in [0.25, 0.3) is 0 Å². The molecule has 182 valence electrons. The number of rotatable bonds is 8. The van der Waals surface area contributed by atoms with E-state index in [1.165, 1.54) is 5.56 Å². The first-order chi connectivity index (χ1) is 17.0. The molecular weight excluding hydrogens is 438 g/mol. The van der Waals surface area contributed by atoms with E-state index >= 15 is 0 Å². The summed E-state index contributed by atoms with van der Waals surface area (Å²) < 4.78 is 17.0. The zero-order valence-corrected chi connectivity index (χ0v) is 20.8. The lowest BCUT2D eigenvalue weighted by molar-refractivity contribution is -0.181. The Morgan fingerprint density at radius 2 is 1.80 bits per heavy atom. The topological polar surface area (TPSA) is 71.5 Å². The van der Waals surface area contributed by atoms with Gasteiger partial charge in [0, 0.05) is 29.9 Å². The number of nitriles is 1. The summed E-state index contributed by atoms with van der Waals surface area (Å²) in [5, 5.41) is 13.8. The van der Waals surface area contributed by atoms with Crippen LogP contribution in [0.5, 0.6) is 0 Å². The minimum Gasteiger partial charge on any atom is -0.361 e. The molecule has 0 unspecified atom stereocenters. The first-order valence-electron chi connectivity index (χ1n) is 12.6. The van der Waals surface area contributed by atoms with Crippen molar-refractivity contribution in [3.63, 3.8) is 0 Å². The van der Waals surface area contributed by atoms with Crippen LogP contribution in [0.3, 0.4) is 0 Å². The van der Waals surface area contributed by atoms with Crippen molar-refractivity contribution in [2.45, 2.75) is 64.6 Å². The number of hydrogen-bond acceptors (Lipinski definition) is 6. The third kappa shape index (κ3) is 4.84. The largest absolute Gasteiger partial charge is 0.361 e. The Kier molecular flexibility index (Phi) is 6.64. The highest BCUT2D eigenvalue weighted by Gasteiger charge is 2.44. The lowest BCUT2D eigenvalue weighted by atomic mass is 9.97. The van der Waals surface area contributed by atoms with E-state index in [1.807, 2.05) is 13.8 Å². The number of aromatic nitrogens is 1. The molecule has 0 bridgehead atoms. The van der Waals surface area contributed by atoms with Crippen molar-refractivity contribution < 1.29 is 14.0 Å². The zero-order chi connectivity index (χ0) is 24.4. The van der Waals surface area contributed by atoms with Crippen molar-refractivity contribution >= 4 is 11.4 Å². The standard InChI is InChI=1S/C29H33N3O3/c1-20-7-8-23(28-21(2)31-35-22(28)3)18-26(20)32(15-4-6-27-33-16-5-17-34-27)25-11-9-24(10-12-25)29(19-30)13-14-29/h7-12,18,27H,4-6,13-17H2,1-3H3. The zero-order valence-electron chi connectivity index (χ0n) is 20.8. The van der Waals surface area contributed by atoms with Crippen LogP contribution in [0.15, 0.2) is 47.0 Å². The van der Waals surface area contributed by atoms with Crippen molar-refractivity contribution in [3.05, 3.63) is 65.0 Å². The molecule has 2 aliphatic rings. The Hall–Kier alpha value is -3.14. The van der Waals surface area contributed by atoms with Gasteiger partial charge in [-0.15, -0.1) is 0 Å². The third-order valence-corrected chi connectivity index (χ3v) is 7.24. The molecule has 1 aliphatic heterocycles. The minimum absolute atomic E-state index is 0.118. The van der Waals surface area contributed by atoms with Crippen LogP contribution < -0.4 is 4.90 Å². The smallest absolute Gasteiger partial charge is 0.157 e. The van der Waals surface area contributed by atoms with E-state index in [9.17, 15) is 5.26 Å². The average Bonchev–Trinajstić information content (AvgIpc) is 3.62. The van der Waals surface area contributed by atoms with Crippen LogP contribution in [0.1, 0.15) is 54.7 Å². The van der Waals surface area contributed by atoms with Gasteiger partial charge in [-0.05, 0) is 81.3 Å². The molecule has 1 aliphatic carbocycles. The van der Waals surface area contributed by atoms with Crippen LogP contribution in [0.25, 0.3) is 11.1 Å². The van der Waals surface area contributed by atoms with Crippen LogP contribution in [0.2, 0.25) is 0 Å². The average molecular weight is 472 g/mol. The number of aryl methyl sites for hydroxylation is 3. The highest BCUT2D eigenvalue weighted by atomic mass is 16.7. The first kappa shape index (κ1) is 23.6. The van der Waals surface area contributed by atoms with Gasteiger partial charge < -0.3 is 18.9 Å².